The van der Waals surface area contributed by atoms with Crippen LogP contribution >= 0.6 is 34.2 Å². The number of carbonyl (C=O) groups is 2. The molecular weight excluding hydrogens is 463 g/mol. The van der Waals surface area contributed by atoms with Crippen molar-refractivity contribution in [3.05, 3.63) is 66.7 Å². The molecule has 0 aliphatic heterocycles. The van der Waals surface area contributed by atoms with E-state index in [4.69, 9.17) is 16.3 Å². The van der Waals surface area contributed by atoms with Crippen LogP contribution in [0.5, 0.6) is 0 Å². The lowest BCUT2D eigenvalue weighted by Crippen LogP contribution is -2.30. The highest BCUT2D eigenvalue weighted by molar-refractivity contribution is 14.1. The molecule has 1 atom stereocenters. The van der Waals surface area contributed by atoms with E-state index < -0.39 is 22.9 Å². The van der Waals surface area contributed by atoms with E-state index in [1.807, 2.05) is 0 Å². The maximum absolute atomic E-state index is 12.1. The van der Waals surface area contributed by atoms with E-state index in [9.17, 15) is 19.7 Å². The van der Waals surface area contributed by atoms with Gasteiger partial charge in [0.05, 0.1) is 21.2 Å². The van der Waals surface area contributed by atoms with Crippen molar-refractivity contribution in [2.45, 2.75) is 13.0 Å². The predicted octanol–water partition coefficient (Wildman–Crippen LogP) is 4.04. The van der Waals surface area contributed by atoms with Crippen LogP contribution < -0.4 is 5.32 Å². The van der Waals surface area contributed by atoms with E-state index in [1.54, 1.807) is 24.3 Å². The van der Waals surface area contributed by atoms with Gasteiger partial charge in [0, 0.05) is 15.7 Å². The van der Waals surface area contributed by atoms with Crippen LogP contribution in [-0.4, -0.2) is 22.9 Å². The molecule has 2 aromatic carbocycles. The molecule has 2 aromatic rings. The third-order valence-electron chi connectivity index (χ3n) is 3.15. The highest BCUT2D eigenvalue weighted by Crippen LogP contribution is 2.26. The molecule has 0 bridgehead atoms. The maximum atomic E-state index is 12.1. The molecule has 2 rings (SSSR count). The fourth-order valence-electron chi connectivity index (χ4n) is 1.82. The third kappa shape index (κ3) is 5.13. The van der Waals surface area contributed by atoms with Gasteiger partial charge in [0.15, 0.2) is 6.10 Å². The Bertz CT molecular complexity index is 826. The Kier molecular flexibility index (Phi) is 6.32. The van der Waals surface area contributed by atoms with Crippen molar-refractivity contribution in [2.24, 2.45) is 0 Å². The fourth-order valence-corrected chi connectivity index (χ4v) is 2.40. The lowest BCUT2D eigenvalue weighted by atomic mass is 10.2. The van der Waals surface area contributed by atoms with Gasteiger partial charge < -0.3 is 10.1 Å². The molecule has 0 aliphatic rings. The first kappa shape index (κ1) is 19.1. The number of non-ortho nitro benzene ring substituents is 1. The average Bonchev–Trinajstić information content (AvgIpc) is 2.56. The van der Waals surface area contributed by atoms with Crippen LogP contribution in [0.15, 0.2) is 42.5 Å². The number of nitro groups is 1. The van der Waals surface area contributed by atoms with Gasteiger partial charge in [-0.25, -0.2) is 4.79 Å². The summed E-state index contributed by atoms with van der Waals surface area (Å²) in [4.78, 5) is 34.2. The molecule has 0 radical (unpaired) electrons. The average molecular weight is 475 g/mol. The Morgan fingerprint density at radius 3 is 2.44 bits per heavy atom. The number of hydrogen-bond acceptors (Lipinski definition) is 5. The van der Waals surface area contributed by atoms with Gasteiger partial charge in [-0.2, -0.15) is 0 Å². The zero-order chi connectivity index (χ0) is 18.6. The van der Waals surface area contributed by atoms with Gasteiger partial charge in [-0.15, -0.1) is 0 Å². The summed E-state index contributed by atoms with van der Waals surface area (Å²) in [6.45, 7) is 1.42. The van der Waals surface area contributed by atoms with E-state index >= 15 is 0 Å². The minimum Gasteiger partial charge on any atom is -0.449 e. The summed E-state index contributed by atoms with van der Waals surface area (Å²) in [5.41, 5.74) is 0.323. The number of carbonyl (C=O) groups excluding carboxylic acids is 2. The van der Waals surface area contributed by atoms with Crippen LogP contribution in [0.1, 0.15) is 17.3 Å². The molecule has 0 aliphatic carbocycles. The van der Waals surface area contributed by atoms with E-state index in [2.05, 4.69) is 27.9 Å². The molecule has 0 aromatic heterocycles. The summed E-state index contributed by atoms with van der Waals surface area (Å²) in [6.07, 6.45) is -1.07. The van der Waals surface area contributed by atoms with Gasteiger partial charge in [0.25, 0.3) is 11.6 Å². The topological polar surface area (TPSA) is 98.5 Å². The van der Waals surface area contributed by atoms with Crippen LogP contribution in [0, 0.1) is 13.7 Å². The molecule has 0 saturated heterocycles. The monoisotopic (exact) mass is 474 g/mol. The molecule has 1 unspecified atom stereocenters. The molecule has 130 valence electrons. The molecule has 0 saturated carbocycles. The van der Waals surface area contributed by atoms with Crippen molar-refractivity contribution < 1.29 is 19.2 Å². The van der Waals surface area contributed by atoms with Crippen molar-refractivity contribution in [1.82, 2.24) is 0 Å². The van der Waals surface area contributed by atoms with Gasteiger partial charge >= 0.3 is 5.97 Å². The van der Waals surface area contributed by atoms with Gasteiger partial charge in [-0.3, -0.25) is 14.9 Å². The molecule has 0 fully saturated rings. The van der Waals surface area contributed by atoms with E-state index in [0.29, 0.717) is 5.56 Å². The number of nitro benzene ring substituents is 1. The maximum Gasteiger partial charge on any atom is 0.338 e. The van der Waals surface area contributed by atoms with Gasteiger partial charge in [-0.05, 0) is 59.8 Å². The number of halogens is 2. The number of rotatable bonds is 5. The highest BCUT2D eigenvalue weighted by atomic mass is 127. The number of ether oxygens (including phenoxy) is 1. The van der Waals surface area contributed by atoms with Crippen molar-refractivity contribution >= 4 is 57.4 Å². The second kappa shape index (κ2) is 8.26. The van der Waals surface area contributed by atoms with Gasteiger partial charge in [0.2, 0.25) is 0 Å². The quantitative estimate of drug-likeness (QED) is 0.305. The Morgan fingerprint density at radius 2 is 1.88 bits per heavy atom. The fraction of sp³-hybridized carbons (Fsp3) is 0.125. The predicted molar refractivity (Wildman–Crippen MR) is 101 cm³/mol. The Labute approximate surface area is 161 Å². The van der Waals surface area contributed by atoms with E-state index in [-0.39, 0.29) is 16.4 Å². The minimum absolute atomic E-state index is 0.0127. The summed E-state index contributed by atoms with van der Waals surface area (Å²) >= 11 is 8.02. The minimum atomic E-state index is -1.07. The molecule has 1 N–H and O–H groups in total. The van der Waals surface area contributed by atoms with Gasteiger partial charge in [-0.1, -0.05) is 11.6 Å². The summed E-state index contributed by atoms with van der Waals surface area (Å²) in [7, 11) is 0. The largest absolute Gasteiger partial charge is 0.449 e. The van der Waals surface area contributed by atoms with Crippen LogP contribution in [0.3, 0.4) is 0 Å². The first-order chi connectivity index (χ1) is 11.8. The normalized spacial score (nSPS) is 11.5. The van der Waals surface area contributed by atoms with Crippen molar-refractivity contribution in [2.75, 3.05) is 5.32 Å². The molecule has 25 heavy (non-hydrogen) atoms. The Balaban J connectivity index is 2.01. The van der Waals surface area contributed by atoms with Crippen molar-refractivity contribution in [3.8, 4) is 0 Å². The second-order valence-electron chi connectivity index (χ2n) is 4.96. The number of nitrogens with zero attached hydrogens (tertiary/aromatic N) is 1. The molecule has 1 amide bonds. The van der Waals surface area contributed by atoms with Crippen molar-refractivity contribution in [3.63, 3.8) is 0 Å². The molecule has 0 spiro atoms. The summed E-state index contributed by atoms with van der Waals surface area (Å²) in [5.74, 6) is -1.23. The zero-order valence-electron chi connectivity index (χ0n) is 12.9. The molecular formula is C16H12ClIN2O5. The zero-order valence-corrected chi connectivity index (χ0v) is 15.8. The first-order valence-corrected chi connectivity index (χ1v) is 8.45. The first-order valence-electron chi connectivity index (χ1n) is 6.99. The SMILES string of the molecule is CC(OC(=O)c1ccc(I)cc1)C(=O)Nc1ccc([N+](=O)[O-])cc1Cl. The summed E-state index contributed by atoms with van der Waals surface area (Å²) in [6, 6.07) is 10.3. The molecule has 9 heteroatoms. The number of anilines is 1. The standard InChI is InChI=1S/C16H12ClIN2O5/c1-9(25-16(22)10-2-4-11(18)5-3-10)15(21)19-14-7-6-12(20(23)24)8-13(14)17/h2-9H,1H3,(H,19,21). The smallest absolute Gasteiger partial charge is 0.338 e. The van der Waals surface area contributed by atoms with Crippen molar-refractivity contribution in [1.29, 1.82) is 0 Å². The van der Waals surface area contributed by atoms with Crippen LogP contribution in [0.4, 0.5) is 11.4 Å². The summed E-state index contributed by atoms with van der Waals surface area (Å²) in [5, 5.41) is 13.2. The highest BCUT2D eigenvalue weighted by Gasteiger charge is 2.20. The molecule has 7 nitrogen and oxygen atoms in total. The van der Waals surface area contributed by atoms with Crippen LogP contribution in [-0.2, 0) is 9.53 Å². The Morgan fingerprint density at radius 1 is 1.24 bits per heavy atom. The van der Waals surface area contributed by atoms with Crippen LogP contribution in [0.2, 0.25) is 5.02 Å². The lowest BCUT2D eigenvalue weighted by molar-refractivity contribution is -0.384. The number of hydrogen-bond donors (Lipinski definition) is 1. The summed E-state index contributed by atoms with van der Waals surface area (Å²) < 4.78 is 6.07. The van der Waals surface area contributed by atoms with E-state index in [1.165, 1.54) is 19.1 Å². The lowest BCUT2D eigenvalue weighted by Gasteiger charge is -2.14. The Hall–Kier alpha value is -2.20. The van der Waals surface area contributed by atoms with E-state index in [0.717, 1.165) is 9.64 Å². The number of amides is 1. The van der Waals surface area contributed by atoms with Crippen LogP contribution in [0.25, 0.3) is 0 Å². The molecule has 0 heterocycles. The number of nitrogens with one attached hydrogen (secondary N) is 1. The second-order valence-corrected chi connectivity index (χ2v) is 6.62. The number of benzene rings is 2. The third-order valence-corrected chi connectivity index (χ3v) is 4.19. The number of esters is 1. The van der Waals surface area contributed by atoms with Gasteiger partial charge in [0.1, 0.15) is 0 Å².